The summed E-state index contributed by atoms with van der Waals surface area (Å²) in [5.41, 5.74) is 1.79. The summed E-state index contributed by atoms with van der Waals surface area (Å²) in [5.74, 6) is 0.384. The van der Waals surface area contributed by atoms with Crippen molar-refractivity contribution in [3.63, 3.8) is 0 Å². The SMILES string of the molecule is COCc1cccc(C(=O)O[C@H](C)C(=O)Nc2ccc(Oc3ccccc3)cc2)c1. The second-order valence-corrected chi connectivity index (χ2v) is 6.61. The van der Waals surface area contributed by atoms with Gasteiger partial charge in [0, 0.05) is 12.8 Å². The van der Waals surface area contributed by atoms with Gasteiger partial charge in [-0.25, -0.2) is 4.79 Å². The Kier molecular flexibility index (Phi) is 7.19. The standard InChI is InChI=1S/C24H23NO5/c1-17(29-24(27)19-8-6-7-18(15-19)16-28-2)23(26)25-20-11-13-22(14-12-20)30-21-9-4-3-5-10-21/h3-15,17H,16H2,1-2H3,(H,25,26)/t17-/m1/s1. The first-order chi connectivity index (χ1) is 14.5. The molecule has 6 heteroatoms. The molecule has 3 aromatic carbocycles. The number of rotatable bonds is 8. The molecule has 0 saturated carbocycles. The smallest absolute Gasteiger partial charge is 0.338 e. The molecule has 0 aliphatic carbocycles. The predicted molar refractivity (Wildman–Crippen MR) is 114 cm³/mol. The van der Waals surface area contributed by atoms with E-state index in [0.29, 0.717) is 23.6 Å². The first kappa shape index (κ1) is 21.1. The minimum absolute atomic E-state index is 0.367. The van der Waals surface area contributed by atoms with Crippen molar-refractivity contribution >= 4 is 17.6 Å². The summed E-state index contributed by atoms with van der Waals surface area (Å²) in [6.07, 6.45) is -0.955. The molecule has 30 heavy (non-hydrogen) atoms. The van der Waals surface area contributed by atoms with Crippen molar-refractivity contribution in [2.75, 3.05) is 12.4 Å². The average molecular weight is 405 g/mol. The number of benzene rings is 3. The molecule has 0 fully saturated rings. The molecule has 0 radical (unpaired) electrons. The number of carbonyl (C=O) groups is 2. The highest BCUT2D eigenvalue weighted by Crippen LogP contribution is 2.22. The number of anilines is 1. The van der Waals surface area contributed by atoms with Crippen LogP contribution in [0.5, 0.6) is 11.5 Å². The molecule has 0 heterocycles. The maximum absolute atomic E-state index is 12.4. The lowest BCUT2D eigenvalue weighted by Gasteiger charge is -2.14. The summed E-state index contributed by atoms with van der Waals surface area (Å²) < 4.78 is 16.1. The number of para-hydroxylation sites is 1. The summed E-state index contributed by atoms with van der Waals surface area (Å²) in [4.78, 5) is 24.7. The van der Waals surface area contributed by atoms with Gasteiger partial charge in [-0.3, -0.25) is 4.79 Å². The van der Waals surface area contributed by atoms with Crippen molar-refractivity contribution in [3.05, 3.63) is 90.0 Å². The van der Waals surface area contributed by atoms with Crippen LogP contribution < -0.4 is 10.1 Å². The minimum atomic E-state index is -0.955. The van der Waals surface area contributed by atoms with Gasteiger partial charge >= 0.3 is 5.97 Å². The van der Waals surface area contributed by atoms with Crippen LogP contribution in [0.2, 0.25) is 0 Å². The van der Waals surface area contributed by atoms with Gasteiger partial charge in [-0.1, -0.05) is 30.3 Å². The Hall–Kier alpha value is -3.64. The summed E-state index contributed by atoms with van der Waals surface area (Å²) in [6, 6.07) is 23.3. The van der Waals surface area contributed by atoms with Crippen LogP contribution in [-0.2, 0) is 20.9 Å². The normalized spacial score (nSPS) is 11.4. The van der Waals surface area contributed by atoms with Gasteiger partial charge < -0.3 is 19.5 Å². The van der Waals surface area contributed by atoms with E-state index < -0.39 is 18.0 Å². The van der Waals surface area contributed by atoms with Gasteiger partial charge in [-0.15, -0.1) is 0 Å². The van der Waals surface area contributed by atoms with Crippen molar-refractivity contribution in [1.82, 2.24) is 0 Å². The van der Waals surface area contributed by atoms with Gasteiger partial charge in [0.15, 0.2) is 6.10 Å². The number of amides is 1. The lowest BCUT2D eigenvalue weighted by molar-refractivity contribution is -0.123. The molecule has 3 aromatic rings. The van der Waals surface area contributed by atoms with E-state index in [2.05, 4.69) is 5.32 Å². The molecular formula is C24H23NO5. The highest BCUT2D eigenvalue weighted by atomic mass is 16.5. The molecule has 6 nitrogen and oxygen atoms in total. The van der Waals surface area contributed by atoms with E-state index in [1.165, 1.54) is 6.92 Å². The number of carbonyl (C=O) groups excluding carboxylic acids is 2. The van der Waals surface area contributed by atoms with Crippen LogP contribution in [0, 0.1) is 0 Å². The minimum Gasteiger partial charge on any atom is -0.457 e. The summed E-state index contributed by atoms with van der Waals surface area (Å²) in [6.45, 7) is 1.92. The Bertz CT molecular complexity index is 986. The summed E-state index contributed by atoms with van der Waals surface area (Å²) in [5, 5.41) is 2.73. The fraction of sp³-hybridized carbons (Fsp3) is 0.167. The Morgan fingerprint density at radius 1 is 0.900 bits per heavy atom. The molecule has 0 bridgehead atoms. The van der Waals surface area contributed by atoms with Gasteiger partial charge in [0.2, 0.25) is 0 Å². The Balaban J connectivity index is 1.55. The molecule has 3 rings (SSSR count). The molecule has 0 spiro atoms. The van der Waals surface area contributed by atoms with E-state index in [1.54, 1.807) is 49.6 Å². The van der Waals surface area contributed by atoms with Crippen LogP contribution >= 0.6 is 0 Å². The fourth-order valence-corrected chi connectivity index (χ4v) is 2.71. The molecule has 0 aliphatic rings. The molecule has 1 amide bonds. The number of esters is 1. The first-order valence-corrected chi connectivity index (χ1v) is 9.48. The molecule has 0 aromatic heterocycles. The molecule has 0 aliphatic heterocycles. The Morgan fingerprint density at radius 2 is 1.60 bits per heavy atom. The van der Waals surface area contributed by atoms with E-state index in [-0.39, 0.29) is 0 Å². The lowest BCUT2D eigenvalue weighted by atomic mass is 10.1. The molecular weight excluding hydrogens is 382 g/mol. The van der Waals surface area contributed by atoms with E-state index in [9.17, 15) is 9.59 Å². The number of ether oxygens (including phenoxy) is 3. The highest BCUT2D eigenvalue weighted by Gasteiger charge is 2.19. The van der Waals surface area contributed by atoms with E-state index in [4.69, 9.17) is 14.2 Å². The van der Waals surface area contributed by atoms with E-state index in [1.807, 2.05) is 36.4 Å². The van der Waals surface area contributed by atoms with Gasteiger partial charge in [0.05, 0.1) is 12.2 Å². The van der Waals surface area contributed by atoms with Crippen LogP contribution in [0.15, 0.2) is 78.9 Å². The predicted octanol–water partition coefficient (Wildman–Crippen LogP) is 4.81. The summed E-state index contributed by atoms with van der Waals surface area (Å²) in [7, 11) is 1.58. The number of nitrogens with one attached hydrogen (secondary N) is 1. The number of methoxy groups -OCH3 is 1. The van der Waals surface area contributed by atoms with Crippen molar-refractivity contribution in [1.29, 1.82) is 0 Å². The van der Waals surface area contributed by atoms with Crippen LogP contribution in [0.1, 0.15) is 22.8 Å². The molecule has 0 unspecified atom stereocenters. The summed E-state index contributed by atoms with van der Waals surface area (Å²) >= 11 is 0. The number of hydrogen-bond acceptors (Lipinski definition) is 5. The maximum Gasteiger partial charge on any atom is 0.338 e. The van der Waals surface area contributed by atoms with E-state index in [0.717, 1.165) is 11.3 Å². The van der Waals surface area contributed by atoms with Crippen molar-refractivity contribution in [2.24, 2.45) is 0 Å². The highest BCUT2D eigenvalue weighted by molar-refractivity contribution is 5.97. The maximum atomic E-state index is 12.4. The third kappa shape index (κ3) is 5.93. The third-order valence-electron chi connectivity index (χ3n) is 4.23. The van der Waals surface area contributed by atoms with Crippen molar-refractivity contribution in [3.8, 4) is 11.5 Å². The zero-order valence-electron chi connectivity index (χ0n) is 16.8. The molecule has 1 N–H and O–H groups in total. The second kappa shape index (κ2) is 10.2. The van der Waals surface area contributed by atoms with Crippen LogP contribution in [0.25, 0.3) is 0 Å². The van der Waals surface area contributed by atoms with Crippen LogP contribution in [-0.4, -0.2) is 25.1 Å². The molecule has 0 saturated heterocycles. The van der Waals surface area contributed by atoms with Crippen molar-refractivity contribution < 1.29 is 23.8 Å². The van der Waals surface area contributed by atoms with E-state index >= 15 is 0 Å². The topological polar surface area (TPSA) is 73.9 Å². The largest absolute Gasteiger partial charge is 0.457 e. The van der Waals surface area contributed by atoms with Gasteiger partial charge in [-0.05, 0) is 61.0 Å². The van der Waals surface area contributed by atoms with Gasteiger partial charge in [0.25, 0.3) is 5.91 Å². The quantitative estimate of drug-likeness (QED) is 0.545. The van der Waals surface area contributed by atoms with Crippen LogP contribution in [0.3, 0.4) is 0 Å². The lowest BCUT2D eigenvalue weighted by Crippen LogP contribution is -2.30. The first-order valence-electron chi connectivity index (χ1n) is 9.48. The zero-order chi connectivity index (χ0) is 21.3. The monoisotopic (exact) mass is 405 g/mol. The van der Waals surface area contributed by atoms with Crippen LogP contribution in [0.4, 0.5) is 5.69 Å². The Morgan fingerprint density at radius 3 is 2.30 bits per heavy atom. The van der Waals surface area contributed by atoms with Crippen molar-refractivity contribution in [2.45, 2.75) is 19.6 Å². The number of hydrogen-bond donors (Lipinski definition) is 1. The molecule has 154 valence electrons. The second-order valence-electron chi connectivity index (χ2n) is 6.61. The zero-order valence-corrected chi connectivity index (χ0v) is 16.8. The third-order valence-corrected chi connectivity index (χ3v) is 4.23. The average Bonchev–Trinajstić information content (AvgIpc) is 2.76. The van der Waals surface area contributed by atoms with Gasteiger partial charge in [-0.2, -0.15) is 0 Å². The molecule has 1 atom stereocenters. The fourth-order valence-electron chi connectivity index (χ4n) is 2.71. The Labute approximate surface area is 175 Å². The van der Waals surface area contributed by atoms with Gasteiger partial charge in [0.1, 0.15) is 11.5 Å².